The van der Waals surface area contributed by atoms with Crippen LogP contribution in [0.5, 0.6) is 0 Å². The molecule has 0 bridgehead atoms. The predicted octanol–water partition coefficient (Wildman–Crippen LogP) is 5.34. The van der Waals surface area contributed by atoms with Gasteiger partial charge in [0.05, 0.1) is 13.2 Å². The van der Waals surface area contributed by atoms with Crippen LogP contribution in [0.4, 0.5) is 0 Å². The Morgan fingerprint density at radius 3 is 1.91 bits per heavy atom. The number of hydrogen-bond acceptors (Lipinski definition) is 2. The summed E-state index contributed by atoms with van der Waals surface area (Å²) < 4.78 is 11.9. The zero-order valence-electron chi connectivity index (χ0n) is 14.0. The van der Waals surface area contributed by atoms with Crippen molar-refractivity contribution in [2.75, 3.05) is 13.2 Å². The maximum atomic E-state index is 5.93. The Kier molecular flexibility index (Phi) is 6.81. The van der Waals surface area contributed by atoms with E-state index in [2.05, 4.69) is 30.9 Å². The van der Waals surface area contributed by atoms with E-state index in [1.54, 1.807) is 0 Å². The zero-order valence-corrected chi connectivity index (χ0v) is 14.8. The first-order valence-corrected chi connectivity index (χ1v) is 9.08. The van der Waals surface area contributed by atoms with Gasteiger partial charge in [-0.2, -0.15) is 0 Å². The molecule has 23 heavy (non-hydrogen) atoms. The predicted molar refractivity (Wildman–Crippen MR) is 97.3 cm³/mol. The molecule has 2 aromatic rings. The average Bonchev–Trinajstić information content (AvgIpc) is 2.61. The Balaban J connectivity index is 2.44. The van der Waals surface area contributed by atoms with Crippen molar-refractivity contribution in [2.45, 2.75) is 25.9 Å². The van der Waals surface area contributed by atoms with Crippen LogP contribution in [-0.4, -0.2) is 13.2 Å². The lowest BCUT2D eigenvalue weighted by atomic mass is 10.0. The molecule has 0 saturated heterocycles. The molecule has 2 rings (SSSR count). The van der Waals surface area contributed by atoms with Gasteiger partial charge in [0.25, 0.3) is 0 Å². The topological polar surface area (TPSA) is 18.5 Å². The third kappa shape index (κ3) is 4.66. The van der Waals surface area contributed by atoms with Crippen LogP contribution in [0.15, 0.2) is 60.7 Å². The van der Waals surface area contributed by atoms with Crippen molar-refractivity contribution >= 4 is 8.38 Å². The summed E-state index contributed by atoms with van der Waals surface area (Å²) in [4.78, 5) is 0. The molecule has 0 aromatic heterocycles. The highest BCUT2D eigenvalue weighted by molar-refractivity contribution is 7.49. The summed E-state index contributed by atoms with van der Waals surface area (Å²) in [7, 11) is -1.15. The van der Waals surface area contributed by atoms with E-state index in [1.807, 2.05) is 62.4 Å². The van der Waals surface area contributed by atoms with Crippen LogP contribution in [0, 0.1) is 11.8 Å². The maximum absolute atomic E-state index is 5.93. The van der Waals surface area contributed by atoms with Gasteiger partial charge < -0.3 is 9.05 Å². The fraction of sp³-hybridized carbons (Fsp3) is 0.300. The Morgan fingerprint density at radius 1 is 0.870 bits per heavy atom. The Morgan fingerprint density at radius 2 is 1.39 bits per heavy atom. The lowest BCUT2D eigenvalue weighted by molar-refractivity contribution is 0.257. The van der Waals surface area contributed by atoms with Crippen LogP contribution in [-0.2, 0) is 14.2 Å². The molecule has 0 aliphatic rings. The summed E-state index contributed by atoms with van der Waals surface area (Å²) in [5.41, 5.74) is 2.12. The lowest BCUT2D eigenvalue weighted by Crippen LogP contribution is -2.20. The first-order valence-electron chi connectivity index (χ1n) is 7.90. The largest absolute Gasteiger partial charge is 0.333 e. The van der Waals surface area contributed by atoms with Crippen LogP contribution in [0.25, 0.3) is 0 Å². The second-order valence-corrected chi connectivity index (χ2v) is 7.07. The minimum Gasteiger partial charge on any atom is -0.333 e. The molecular weight excluding hydrogens is 303 g/mol. The van der Waals surface area contributed by atoms with E-state index in [1.165, 1.54) is 0 Å². The van der Waals surface area contributed by atoms with Crippen molar-refractivity contribution in [1.82, 2.24) is 0 Å². The highest BCUT2D eigenvalue weighted by Crippen LogP contribution is 2.57. The van der Waals surface area contributed by atoms with Gasteiger partial charge in [-0.3, -0.25) is 0 Å². The van der Waals surface area contributed by atoms with E-state index in [4.69, 9.17) is 9.05 Å². The minimum absolute atomic E-state index is 0.474. The lowest BCUT2D eigenvalue weighted by Gasteiger charge is -2.31. The standard InChI is InChI=1S/C20H23O2P/c1-4-21-23(22-5-2)20(3,19-14-10-7-11-15-19)17-16-18-12-8-6-9-13-18/h6-15H,4-5H2,1-3H3. The fourth-order valence-electron chi connectivity index (χ4n) is 2.23. The summed E-state index contributed by atoms with van der Waals surface area (Å²) in [6.07, 6.45) is 0. The van der Waals surface area contributed by atoms with Crippen molar-refractivity contribution in [2.24, 2.45) is 0 Å². The van der Waals surface area contributed by atoms with Crippen LogP contribution in [0.2, 0.25) is 0 Å². The third-order valence-corrected chi connectivity index (χ3v) is 5.50. The van der Waals surface area contributed by atoms with Crippen molar-refractivity contribution in [3.05, 3.63) is 71.8 Å². The van der Waals surface area contributed by atoms with E-state index >= 15 is 0 Å². The van der Waals surface area contributed by atoms with Gasteiger partial charge in [-0.05, 0) is 38.5 Å². The van der Waals surface area contributed by atoms with Gasteiger partial charge in [0.2, 0.25) is 0 Å². The summed E-state index contributed by atoms with van der Waals surface area (Å²) >= 11 is 0. The van der Waals surface area contributed by atoms with E-state index in [0.717, 1.165) is 11.1 Å². The third-order valence-electron chi connectivity index (χ3n) is 3.42. The summed E-state index contributed by atoms with van der Waals surface area (Å²) in [6, 6.07) is 20.3. The first kappa shape index (κ1) is 17.7. The van der Waals surface area contributed by atoms with Gasteiger partial charge in [-0.25, -0.2) is 0 Å². The maximum Gasteiger partial charge on any atom is 0.194 e. The van der Waals surface area contributed by atoms with Gasteiger partial charge in [-0.15, -0.1) is 0 Å². The second kappa shape index (κ2) is 8.85. The van der Waals surface area contributed by atoms with Crippen LogP contribution < -0.4 is 0 Å². The smallest absolute Gasteiger partial charge is 0.194 e. The molecule has 0 spiro atoms. The molecule has 0 aliphatic carbocycles. The summed E-state index contributed by atoms with van der Waals surface area (Å²) in [6.45, 7) is 7.31. The molecule has 0 saturated carbocycles. The molecular formula is C20H23O2P. The zero-order chi connectivity index (χ0) is 16.5. The molecule has 2 nitrogen and oxygen atoms in total. The van der Waals surface area contributed by atoms with E-state index < -0.39 is 13.5 Å². The van der Waals surface area contributed by atoms with Crippen LogP contribution in [0.3, 0.4) is 0 Å². The van der Waals surface area contributed by atoms with Gasteiger partial charge in [0.15, 0.2) is 8.38 Å². The molecule has 0 fully saturated rings. The summed E-state index contributed by atoms with van der Waals surface area (Å²) in [5.74, 6) is 6.71. The van der Waals surface area contributed by atoms with Gasteiger partial charge in [-0.1, -0.05) is 60.4 Å². The molecule has 0 radical (unpaired) electrons. The van der Waals surface area contributed by atoms with Crippen molar-refractivity contribution in [3.8, 4) is 11.8 Å². The Hall–Kier alpha value is -1.65. The summed E-state index contributed by atoms with van der Waals surface area (Å²) in [5, 5.41) is -0.474. The molecule has 1 unspecified atom stereocenters. The Labute approximate surface area is 140 Å². The quantitative estimate of drug-likeness (QED) is 0.527. The van der Waals surface area contributed by atoms with Gasteiger partial charge >= 0.3 is 0 Å². The molecule has 0 amide bonds. The SMILES string of the molecule is CCOP(OCC)C(C)(C#Cc1ccccc1)c1ccccc1. The molecule has 0 N–H and O–H groups in total. The second-order valence-electron chi connectivity index (χ2n) is 5.15. The highest BCUT2D eigenvalue weighted by Gasteiger charge is 2.37. The first-order chi connectivity index (χ1) is 11.2. The fourth-order valence-corrected chi connectivity index (χ4v) is 3.80. The van der Waals surface area contributed by atoms with Gasteiger partial charge in [0, 0.05) is 5.56 Å². The average molecular weight is 326 g/mol. The minimum atomic E-state index is -1.15. The Bertz CT molecular complexity index is 640. The van der Waals surface area contributed by atoms with Gasteiger partial charge in [0.1, 0.15) is 5.16 Å². The van der Waals surface area contributed by atoms with Crippen LogP contribution >= 0.6 is 8.38 Å². The molecule has 3 heteroatoms. The number of hydrogen-bond donors (Lipinski definition) is 0. The molecule has 1 atom stereocenters. The molecule has 0 heterocycles. The van der Waals surface area contributed by atoms with Crippen LogP contribution in [0.1, 0.15) is 31.9 Å². The van der Waals surface area contributed by atoms with Crippen molar-refractivity contribution < 1.29 is 9.05 Å². The van der Waals surface area contributed by atoms with Crippen molar-refractivity contribution in [1.29, 1.82) is 0 Å². The van der Waals surface area contributed by atoms with E-state index in [0.29, 0.717) is 13.2 Å². The van der Waals surface area contributed by atoms with Crippen molar-refractivity contribution in [3.63, 3.8) is 0 Å². The highest BCUT2D eigenvalue weighted by atomic mass is 31.2. The molecule has 2 aromatic carbocycles. The molecule has 120 valence electrons. The molecule has 0 aliphatic heterocycles. The van der Waals surface area contributed by atoms with E-state index in [-0.39, 0.29) is 0 Å². The number of benzene rings is 2. The number of rotatable bonds is 6. The monoisotopic (exact) mass is 326 g/mol. The van der Waals surface area contributed by atoms with E-state index in [9.17, 15) is 0 Å². The normalized spacial score (nSPS) is 13.2.